The number of pyridine rings is 1. The van der Waals surface area contributed by atoms with Gasteiger partial charge in [0.1, 0.15) is 17.0 Å². The molecule has 2 unspecified atom stereocenters. The van der Waals surface area contributed by atoms with Gasteiger partial charge in [-0.1, -0.05) is 6.07 Å². The summed E-state index contributed by atoms with van der Waals surface area (Å²) in [6.07, 6.45) is 8.32. The molecule has 0 radical (unpaired) electrons. The van der Waals surface area contributed by atoms with Crippen LogP contribution in [0.1, 0.15) is 53.6 Å². The van der Waals surface area contributed by atoms with Gasteiger partial charge in [0.25, 0.3) is 5.91 Å². The number of nitrogens with two attached hydrogens (primary N) is 1. The third-order valence-corrected chi connectivity index (χ3v) is 9.40. The Labute approximate surface area is 228 Å². The fourth-order valence-corrected chi connectivity index (χ4v) is 7.37. The van der Waals surface area contributed by atoms with Crippen molar-refractivity contribution in [2.75, 3.05) is 25.2 Å². The van der Waals surface area contributed by atoms with Gasteiger partial charge < -0.3 is 20.5 Å². The van der Waals surface area contributed by atoms with E-state index in [1.807, 2.05) is 11.0 Å². The second-order valence-corrected chi connectivity index (χ2v) is 12.8. The van der Waals surface area contributed by atoms with Crippen molar-refractivity contribution >= 4 is 27.2 Å². The van der Waals surface area contributed by atoms with Crippen molar-refractivity contribution < 1.29 is 23.1 Å². The van der Waals surface area contributed by atoms with E-state index >= 15 is 0 Å². The van der Waals surface area contributed by atoms with E-state index in [1.165, 1.54) is 10.8 Å². The molecule has 7 rings (SSSR count). The van der Waals surface area contributed by atoms with Crippen LogP contribution >= 0.6 is 0 Å². The summed E-state index contributed by atoms with van der Waals surface area (Å²) in [5.41, 5.74) is 8.01. The number of hydrogen-bond acceptors (Lipinski definition) is 11. The smallest absolute Gasteiger partial charge is 0.291 e. The molecular weight excluding hydrogens is 538 g/mol. The predicted molar refractivity (Wildman–Crippen MR) is 140 cm³/mol. The molecule has 40 heavy (non-hydrogen) atoms. The van der Waals surface area contributed by atoms with Gasteiger partial charge in [-0.2, -0.15) is 14.7 Å². The summed E-state index contributed by atoms with van der Waals surface area (Å²) in [6.45, 7) is 0.382. The van der Waals surface area contributed by atoms with E-state index in [9.17, 15) is 18.3 Å². The zero-order valence-corrected chi connectivity index (χ0v) is 22.4. The molecular formula is C25H27N9O5S. The summed E-state index contributed by atoms with van der Waals surface area (Å²) in [4.78, 5) is 28.3. The number of carbonyl (C=O) groups excluding carboxylic acids is 1. The SMILES string of the molecule is CS(=O)(=O)c1c(C2CC3CCC(C2)N3C(=O)c2ncn[nH]2)nc2c(-c3ccc(C4(O)COC4)nc3)cnn2c1N. The van der Waals surface area contributed by atoms with Crippen LogP contribution in [0.3, 0.4) is 0 Å². The molecule has 0 aromatic carbocycles. The van der Waals surface area contributed by atoms with Gasteiger partial charge in [-0.15, -0.1) is 0 Å². The number of ether oxygens (including phenoxy) is 1. The topological polar surface area (TPSA) is 195 Å². The molecule has 1 amide bonds. The highest BCUT2D eigenvalue weighted by Gasteiger charge is 2.46. The van der Waals surface area contributed by atoms with Gasteiger partial charge in [0.15, 0.2) is 21.1 Å². The lowest BCUT2D eigenvalue weighted by Gasteiger charge is -2.38. The monoisotopic (exact) mass is 565 g/mol. The molecule has 2 atom stereocenters. The van der Waals surface area contributed by atoms with Crippen LogP contribution in [0.2, 0.25) is 0 Å². The number of anilines is 1. The normalized spacial score (nSPS) is 23.9. The van der Waals surface area contributed by atoms with Crippen LogP contribution in [0.4, 0.5) is 5.82 Å². The Bertz CT molecular complexity index is 1720. The maximum absolute atomic E-state index is 13.1. The van der Waals surface area contributed by atoms with Gasteiger partial charge in [-0.3, -0.25) is 14.9 Å². The summed E-state index contributed by atoms with van der Waals surface area (Å²) >= 11 is 0. The molecule has 15 heteroatoms. The average Bonchev–Trinajstić information content (AvgIpc) is 3.65. The minimum Gasteiger partial charge on any atom is -0.382 e. The molecule has 3 fully saturated rings. The number of nitrogens with zero attached hydrogens (tertiary/aromatic N) is 7. The molecule has 0 saturated carbocycles. The maximum Gasteiger partial charge on any atom is 0.291 e. The van der Waals surface area contributed by atoms with E-state index < -0.39 is 15.4 Å². The third kappa shape index (κ3) is 3.79. The first-order valence-corrected chi connectivity index (χ1v) is 14.9. The minimum atomic E-state index is -3.76. The molecule has 4 aromatic heterocycles. The standard InChI is InChI=1S/C25H27N9O5S/c1-40(37,38)20-19(14-6-15-3-4-16(7-14)33(15)24(35)22-28-12-29-32-22)31-23-17(9-30-34(23)21(20)26)13-2-5-18(27-8-13)25(36)10-39-11-25/h2,5,8-9,12,14-16,36H,3-4,6-7,10-11,26H2,1H3,(H,28,29,32). The molecule has 3 saturated heterocycles. The number of fused-ring (bicyclic) bond motifs is 3. The lowest BCUT2D eigenvalue weighted by Crippen LogP contribution is -2.47. The molecule has 3 aliphatic heterocycles. The third-order valence-electron chi connectivity index (χ3n) is 8.24. The van der Waals surface area contributed by atoms with Crippen molar-refractivity contribution in [3.05, 3.63) is 48.1 Å². The van der Waals surface area contributed by atoms with Gasteiger partial charge in [0.2, 0.25) is 5.82 Å². The Morgan fingerprint density at radius 2 is 1.93 bits per heavy atom. The fraction of sp³-hybridized carbons (Fsp3) is 0.440. The van der Waals surface area contributed by atoms with Crippen LogP contribution in [0.25, 0.3) is 16.8 Å². The van der Waals surface area contributed by atoms with E-state index in [0.717, 1.165) is 19.1 Å². The Kier molecular flexibility index (Phi) is 5.49. The van der Waals surface area contributed by atoms with Crippen molar-refractivity contribution in [3.8, 4) is 11.1 Å². The second kappa shape index (κ2) is 8.78. The Balaban J connectivity index is 1.28. The van der Waals surface area contributed by atoms with Crippen LogP contribution < -0.4 is 5.73 Å². The van der Waals surface area contributed by atoms with E-state index in [2.05, 4.69) is 25.3 Å². The minimum absolute atomic E-state index is 0.00762. The number of nitrogens with one attached hydrogen (secondary N) is 1. The number of amides is 1. The number of piperidine rings is 1. The van der Waals surface area contributed by atoms with Crippen molar-refractivity contribution in [2.45, 2.75) is 54.2 Å². The van der Waals surface area contributed by atoms with E-state index in [4.69, 9.17) is 15.5 Å². The second-order valence-electron chi connectivity index (χ2n) is 10.8. The molecule has 3 aliphatic rings. The van der Waals surface area contributed by atoms with Crippen LogP contribution in [0.15, 0.2) is 35.7 Å². The predicted octanol–water partition coefficient (Wildman–Crippen LogP) is 0.664. The average molecular weight is 566 g/mol. The summed E-state index contributed by atoms with van der Waals surface area (Å²) in [5, 5.41) is 21.3. The number of sulfone groups is 1. The molecule has 208 valence electrons. The Hall–Kier alpha value is -3.95. The number of hydrogen-bond donors (Lipinski definition) is 3. The number of rotatable bonds is 5. The zero-order valence-electron chi connectivity index (χ0n) is 21.6. The number of nitrogen functional groups attached to an aromatic ring is 1. The molecule has 0 spiro atoms. The first kappa shape index (κ1) is 25.0. The molecule has 2 bridgehead atoms. The Morgan fingerprint density at radius 1 is 1.18 bits per heavy atom. The lowest BCUT2D eigenvalue weighted by molar-refractivity contribution is -0.186. The maximum atomic E-state index is 13.1. The first-order valence-electron chi connectivity index (χ1n) is 13.0. The van der Waals surface area contributed by atoms with Gasteiger partial charge in [0.05, 0.1) is 30.8 Å². The number of carbonyl (C=O) groups is 1. The quantitative estimate of drug-likeness (QED) is 0.308. The van der Waals surface area contributed by atoms with Crippen LogP contribution in [0, 0.1) is 0 Å². The van der Waals surface area contributed by atoms with Crippen LogP contribution in [-0.2, 0) is 20.2 Å². The molecule has 4 aromatic rings. The number of H-pyrrole nitrogens is 1. The first-order chi connectivity index (χ1) is 19.1. The fourth-order valence-electron chi connectivity index (χ4n) is 6.31. The molecule has 7 heterocycles. The van der Waals surface area contributed by atoms with Gasteiger partial charge in [-0.25, -0.2) is 18.4 Å². The van der Waals surface area contributed by atoms with Crippen molar-refractivity contribution in [2.24, 2.45) is 0 Å². The largest absolute Gasteiger partial charge is 0.382 e. The van der Waals surface area contributed by atoms with Crippen LogP contribution in [0.5, 0.6) is 0 Å². The van der Waals surface area contributed by atoms with Crippen molar-refractivity contribution in [3.63, 3.8) is 0 Å². The highest BCUT2D eigenvalue weighted by molar-refractivity contribution is 7.91. The summed E-state index contributed by atoms with van der Waals surface area (Å²) in [7, 11) is -3.76. The molecule has 4 N–H and O–H groups in total. The summed E-state index contributed by atoms with van der Waals surface area (Å²) < 4.78 is 32.5. The van der Waals surface area contributed by atoms with Crippen molar-refractivity contribution in [1.29, 1.82) is 0 Å². The van der Waals surface area contributed by atoms with Crippen LogP contribution in [-0.4, -0.2) is 90.6 Å². The highest BCUT2D eigenvalue weighted by Crippen LogP contribution is 2.45. The van der Waals surface area contributed by atoms with Gasteiger partial charge >= 0.3 is 0 Å². The Morgan fingerprint density at radius 3 is 2.50 bits per heavy atom. The van der Waals surface area contributed by atoms with E-state index in [-0.39, 0.29) is 53.7 Å². The van der Waals surface area contributed by atoms with Crippen molar-refractivity contribution in [1.82, 2.24) is 39.7 Å². The lowest BCUT2D eigenvalue weighted by atomic mass is 9.87. The number of aromatic amines is 1. The zero-order chi connectivity index (χ0) is 27.8. The number of aliphatic hydroxyl groups is 1. The molecule has 14 nitrogen and oxygen atoms in total. The van der Waals surface area contributed by atoms with Gasteiger partial charge in [-0.05, 0) is 31.7 Å². The van der Waals surface area contributed by atoms with E-state index in [1.54, 1.807) is 18.5 Å². The number of aromatic nitrogens is 7. The molecule has 0 aliphatic carbocycles. The van der Waals surface area contributed by atoms with Gasteiger partial charge in [0, 0.05) is 41.6 Å². The summed E-state index contributed by atoms with van der Waals surface area (Å²) in [5.74, 6) is -0.255. The summed E-state index contributed by atoms with van der Waals surface area (Å²) in [6, 6.07) is 3.37. The van der Waals surface area contributed by atoms with E-state index in [0.29, 0.717) is 41.0 Å². The highest BCUT2D eigenvalue weighted by atomic mass is 32.2.